The molecule has 2 unspecified atom stereocenters. The molecule has 0 spiro atoms. The van der Waals surface area contributed by atoms with E-state index in [0.717, 1.165) is 32.4 Å². The maximum absolute atomic E-state index is 11.9. The van der Waals surface area contributed by atoms with E-state index in [0.29, 0.717) is 6.42 Å². The van der Waals surface area contributed by atoms with Gasteiger partial charge in [-0.2, -0.15) is 5.26 Å². The quantitative estimate of drug-likeness (QED) is 0.781. The van der Waals surface area contributed by atoms with Gasteiger partial charge in [-0.15, -0.1) is 0 Å². The second-order valence-electron chi connectivity index (χ2n) is 4.47. The van der Waals surface area contributed by atoms with Crippen LogP contribution in [0.4, 0.5) is 0 Å². The third kappa shape index (κ3) is 3.49. The fourth-order valence-corrected chi connectivity index (χ4v) is 2.03. The van der Waals surface area contributed by atoms with Gasteiger partial charge in [-0.25, -0.2) is 0 Å². The third-order valence-corrected chi connectivity index (χ3v) is 3.06. The van der Waals surface area contributed by atoms with Crippen LogP contribution in [-0.4, -0.2) is 36.0 Å². The maximum Gasteiger partial charge on any atom is 0.238 e. The first kappa shape index (κ1) is 13.0. The summed E-state index contributed by atoms with van der Waals surface area (Å²) in [6.45, 7) is 5.99. The number of unbranched alkanes of at least 4 members (excludes halogenated alkanes) is 1. The van der Waals surface area contributed by atoms with Gasteiger partial charge in [0.1, 0.15) is 6.04 Å². The molecule has 1 rings (SSSR count). The van der Waals surface area contributed by atoms with E-state index in [9.17, 15) is 4.79 Å². The highest BCUT2D eigenvalue weighted by molar-refractivity contribution is 5.82. The highest BCUT2D eigenvalue weighted by Crippen LogP contribution is 2.12. The Hall–Kier alpha value is -1.08. The molecule has 90 valence electrons. The molecular weight excluding hydrogens is 202 g/mol. The Morgan fingerprint density at radius 2 is 2.38 bits per heavy atom. The lowest BCUT2D eigenvalue weighted by Gasteiger charge is -2.26. The molecule has 0 aromatic carbocycles. The van der Waals surface area contributed by atoms with Crippen molar-refractivity contribution in [2.24, 2.45) is 0 Å². The second kappa shape index (κ2) is 6.49. The average Bonchev–Trinajstić information content (AvgIpc) is 2.38. The topological polar surface area (TPSA) is 56.1 Å². The van der Waals surface area contributed by atoms with Crippen LogP contribution >= 0.6 is 0 Å². The van der Waals surface area contributed by atoms with Crippen LogP contribution in [0.2, 0.25) is 0 Å². The van der Waals surface area contributed by atoms with E-state index in [1.165, 1.54) is 0 Å². The Morgan fingerprint density at radius 3 is 3.00 bits per heavy atom. The highest BCUT2D eigenvalue weighted by atomic mass is 16.2. The van der Waals surface area contributed by atoms with Crippen LogP contribution in [0.1, 0.15) is 39.5 Å². The molecular formula is C12H21N3O. The highest BCUT2D eigenvalue weighted by Gasteiger charge is 2.29. The molecule has 1 saturated heterocycles. The van der Waals surface area contributed by atoms with Gasteiger partial charge >= 0.3 is 0 Å². The van der Waals surface area contributed by atoms with Gasteiger partial charge in [0.25, 0.3) is 0 Å². The first-order valence-electron chi connectivity index (χ1n) is 6.10. The summed E-state index contributed by atoms with van der Waals surface area (Å²) in [4.78, 5) is 14.0. The number of rotatable bonds is 4. The Labute approximate surface area is 97.6 Å². The molecule has 1 heterocycles. The molecule has 0 radical (unpaired) electrons. The zero-order chi connectivity index (χ0) is 12.0. The minimum absolute atomic E-state index is 0.0163. The van der Waals surface area contributed by atoms with Crippen molar-refractivity contribution in [1.29, 1.82) is 5.26 Å². The molecule has 1 aliphatic heterocycles. The Bertz CT molecular complexity index is 272. The van der Waals surface area contributed by atoms with Gasteiger partial charge < -0.3 is 5.32 Å². The fourth-order valence-electron chi connectivity index (χ4n) is 2.03. The summed E-state index contributed by atoms with van der Waals surface area (Å²) in [6.07, 6.45) is 3.47. The number of carbonyl (C=O) groups is 1. The van der Waals surface area contributed by atoms with Gasteiger partial charge in [0.2, 0.25) is 5.91 Å². The molecule has 0 aromatic heterocycles. The summed E-state index contributed by atoms with van der Waals surface area (Å²) < 4.78 is 0. The first-order valence-corrected chi connectivity index (χ1v) is 6.10. The lowest BCUT2D eigenvalue weighted by atomic mass is 10.1. The molecule has 4 nitrogen and oxygen atoms in total. The minimum atomic E-state index is -0.249. The van der Waals surface area contributed by atoms with E-state index in [4.69, 9.17) is 5.26 Å². The molecule has 0 bridgehead atoms. The largest absolute Gasteiger partial charge is 0.352 e. The van der Waals surface area contributed by atoms with Crippen molar-refractivity contribution in [1.82, 2.24) is 10.2 Å². The Morgan fingerprint density at radius 1 is 1.62 bits per heavy atom. The molecule has 1 aliphatic rings. The van der Waals surface area contributed by atoms with E-state index in [2.05, 4.69) is 23.2 Å². The van der Waals surface area contributed by atoms with E-state index < -0.39 is 0 Å². The fraction of sp³-hybridized carbons (Fsp3) is 0.833. The minimum Gasteiger partial charge on any atom is -0.352 e. The summed E-state index contributed by atoms with van der Waals surface area (Å²) in [5.74, 6) is 0.0163. The van der Waals surface area contributed by atoms with Gasteiger partial charge in [0.05, 0.1) is 12.5 Å². The van der Waals surface area contributed by atoms with Crippen LogP contribution in [-0.2, 0) is 4.79 Å². The first-order chi connectivity index (χ1) is 7.69. The van der Waals surface area contributed by atoms with Crippen molar-refractivity contribution in [2.45, 2.75) is 51.6 Å². The lowest BCUT2D eigenvalue weighted by Crippen LogP contribution is -2.45. The van der Waals surface area contributed by atoms with Crippen LogP contribution in [0.15, 0.2) is 0 Å². The van der Waals surface area contributed by atoms with Crippen molar-refractivity contribution in [3.63, 3.8) is 0 Å². The van der Waals surface area contributed by atoms with Crippen molar-refractivity contribution in [3.05, 3.63) is 0 Å². The number of nitriles is 1. The number of hydrogen-bond acceptors (Lipinski definition) is 3. The molecule has 16 heavy (non-hydrogen) atoms. The van der Waals surface area contributed by atoms with Crippen molar-refractivity contribution < 1.29 is 4.79 Å². The summed E-state index contributed by atoms with van der Waals surface area (Å²) >= 11 is 0. The summed E-state index contributed by atoms with van der Waals surface area (Å²) in [7, 11) is 0. The van der Waals surface area contributed by atoms with Crippen LogP contribution in [0.5, 0.6) is 0 Å². The molecule has 2 atom stereocenters. The van der Waals surface area contributed by atoms with Gasteiger partial charge in [-0.3, -0.25) is 9.69 Å². The summed E-state index contributed by atoms with van der Waals surface area (Å²) in [6, 6.07) is 2.09. The third-order valence-electron chi connectivity index (χ3n) is 3.06. The SMILES string of the molecule is CCCCN1CCC(C)NC(=O)C1CC#N. The number of hydrogen-bond donors (Lipinski definition) is 1. The van der Waals surface area contributed by atoms with Crippen LogP contribution in [0.25, 0.3) is 0 Å². The maximum atomic E-state index is 11.9. The molecule has 0 aliphatic carbocycles. The van der Waals surface area contributed by atoms with E-state index in [1.807, 2.05) is 6.92 Å². The van der Waals surface area contributed by atoms with Crippen LogP contribution in [0, 0.1) is 11.3 Å². The van der Waals surface area contributed by atoms with Crippen molar-refractivity contribution >= 4 is 5.91 Å². The second-order valence-corrected chi connectivity index (χ2v) is 4.47. The summed E-state index contributed by atoms with van der Waals surface area (Å²) in [5.41, 5.74) is 0. The lowest BCUT2D eigenvalue weighted by molar-refractivity contribution is -0.125. The summed E-state index contributed by atoms with van der Waals surface area (Å²) in [5, 5.41) is 11.7. The number of nitrogens with zero attached hydrogens (tertiary/aromatic N) is 2. The number of nitrogens with one attached hydrogen (secondary N) is 1. The van der Waals surface area contributed by atoms with Crippen molar-refractivity contribution in [3.8, 4) is 6.07 Å². The number of carbonyl (C=O) groups excluding carboxylic acids is 1. The molecule has 1 amide bonds. The normalized spacial score (nSPS) is 26.9. The van der Waals surface area contributed by atoms with Gasteiger partial charge in [-0.05, 0) is 26.3 Å². The molecule has 0 aromatic rings. The zero-order valence-corrected chi connectivity index (χ0v) is 10.2. The van der Waals surface area contributed by atoms with E-state index >= 15 is 0 Å². The Balaban J connectivity index is 2.67. The van der Waals surface area contributed by atoms with Gasteiger partial charge in [0, 0.05) is 12.6 Å². The van der Waals surface area contributed by atoms with E-state index in [-0.39, 0.29) is 18.0 Å². The predicted molar refractivity (Wildman–Crippen MR) is 62.7 cm³/mol. The molecule has 0 saturated carbocycles. The molecule has 1 fully saturated rings. The van der Waals surface area contributed by atoms with Gasteiger partial charge in [-0.1, -0.05) is 13.3 Å². The predicted octanol–water partition coefficient (Wildman–Crippen LogP) is 1.28. The molecule has 1 N–H and O–H groups in total. The van der Waals surface area contributed by atoms with Gasteiger partial charge in [0.15, 0.2) is 0 Å². The van der Waals surface area contributed by atoms with Crippen LogP contribution < -0.4 is 5.32 Å². The monoisotopic (exact) mass is 223 g/mol. The zero-order valence-electron chi connectivity index (χ0n) is 10.2. The average molecular weight is 223 g/mol. The Kier molecular flexibility index (Phi) is 5.27. The van der Waals surface area contributed by atoms with Crippen molar-refractivity contribution in [2.75, 3.05) is 13.1 Å². The number of amides is 1. The smallest absolute Gasteiger partial charge is 0.238 e. The van der Waals surface area contributed by atoms with E-state index in [1.54, 1.807) is 0 Å². The molecule has 4 heteroatoms. The standard InChI is InChI=1S/C12H21N3O/c1-3-4-8-15-9-6-10(2)14-12(16)11(15)5-7-13/h10-11H,3-6,8-9H2,1-2H3,(H,14,16). The van der Waals surface area contributed by atoms with Crippen LogP contribution in [0.3, 0.4) is 0 Å².